The van der Waals surface area contributed by atoms with Crippen LogP contribution in [0.25, 0.3) is 0 Å². The van der Waals surface area contributed by atoms with Crippen molar-refractivity contribution in [1.82, 2.24) is 4.98 Å². The molecular formula is C11H16N2O2S. The number of carboxylic acid groups (broad SMARTS) is 1. The number of rotatable bonds is 2. The fourth-order valence-corrected chi connectivity index (χ4v) is 2.92. The summed E-state index contributed by atoms with van der Waals surface area (Å²) in [5, 5.41) is 11.3. The average Bonchev–Trinajstić information content (AvgIpc) is 2.64. The fraction of sp³-hybridized carbons (Fsp3) is 0.636. The topological polar surface area (TPSA) is 53.4 Å². The quantitative estimate of drug-likeness (QED) is 0.862. The maximum Gasteiger partial charge on any atom is 0.355 e. The van der Waals surface area contributed by atoms with Crippen molar-refractivity contribution in [3.63, 3.8) is 0 Å². The van der Waals surface area contributed by atoms with Gasteiger partial charge in [0.05, 0.1) is 0 Å². The Labute approximate surface area is 98.9 Å². The molecule has 1 saturated heterocycles. The van der Waals surface area contributed by atoms with Crippen molar-refractivity contribution in [2.45, 2.75) is 26.7 Å². The molecule has 0 saturated carbocycles. The Morgan fingerprint density at radius 3 is 2.94 bits per heavy atom. The number of carbonyl (C=O) groups is 1. The van der Waals surface area contributed by atoms with Gasteiger partial charge in [-0.15, -0.1) is 11.3 Å². The normalized spacial score (nSPS) is 19.8. The third-order valence-electron chi connectivity index (χ3n) is 2.88. The van der Waals surface area contributed by atoms with Gasteiger partial charge in [-0.1, -0.05) is 13.8 Å². The molecule has 0 spiro atoms. The van der Waals surface area contributed by atoms with E-state index in [9.17, 15) is 4.79 Å². The molecule has 0 bridgehead atoms. The average molecular weight is 240 g/mol. The van der Waals surface area contributed by atoms with Crippen LogP contribution in [-0.2, 0) is 0 Å². The van der Waals surface area contributed by atoms with Crippen molar-refractivity contribution < 1.29 is 9.90 Å². The Kier molecular flexibility index (Phi) is 2.88. The Morgan fingerprint density at radius 1 is 1.62 bits per heavy atom. The zero-order valence-electron chi connectivity index (χ0n) is 9.56. The lowest BCUT2D eigenvalue weighted by molar-refractivity contribution is 0.0691. The second kappa shape index (κ2) is 4.05. The van der Waals surface area contributed by atoms with E-state index in [1.165, 1.54) is 17.8 Å². The highest BCUT2D eigenvalue weighted by Crippen LogP contribution is 2.32. The van der Waals surface area contributed by atoms with Crippen LogP contribution in [0.1, 0.15) is 37.2 Å². The SMILES string of the molecule is CC1(C)CCCN(c2nc(C(=O)O)cs2)C1. The van der Waals surface area contributed by atoms with Crippen LogP contribution in [0.4, 0.5) is 5.13 Å². The van der Waals surface area contributed by atoms with Crippen molar-refractivity contribution in [3.8, 4) is 0 Å². The summed E-state index contributed by atoms with van der Waals surface area (Å²) in [4.78, 5) is 17.1. The molecule has 0 radical (unpaired) electrons. The van der Waals surface area contributed by atoms with Crippen LogP contribution in [0.15, 0.2) is 5.38 Å². The highest BCUT2D eigenvalue weighted by molar-refractivity contribution is 7.13. The molecule has 1 aliphatic rings. The first-order chi connectivity index (χ1) is 7.48. The van der Waals surface area contributed by atoms with Gasteiger partial charge in [0.25, 0.3) is 0 Å². The predicted octanol–water partition coefficient (Wildman–Crippen LogP) is 2.47. The van der Waals surface area contributed by atoms with Crippen molar-refractivity contribution in [2.75, 3.05) is 18.0 Å². The van der Waals surface area contributed by atoms with E-state index in [4.69, 9.17) is 5.11 Å². The van der Waals surface area contributed by atoms with Crippen LogP contribution < -0.4 is 4.90 Å². The van der Waals surface area contributed by atoms with Crippen LogP contribution in [0, 0.1) is 5.41 Å². The number of thiazole rings is 1. The minimum atomic E-state index is -0.946. The lowest BCUT2D eigenvalue weighted by Gasteiger charge is -2.37. The molecule has 2 rings (SSSR count). The molecule has 1 aromatic heterocycles. The van der Waals surface area contributed by atoms with Gasteiger partial charge < -0.3 is 10.0 Å². The number of nitrogens with zero attached hydrogens (tertiary/aromatic N) is 2. The van der Waals surface area contributed by atoms with E-state index < -0.39 is 5.97 Å². The summed E-state index contributed by atoms with van der Waals surface area (Å²) in [5.74, 6) is -0.946. The van der Waals surface area contributed by atoms with Crippen molar-refractivity contribution in [3.05, 3.63) is 11.1 Å². The molecule has 1 N–H and O–H groups in total. The summed E-state index contributed by atoms with van der Waals surface area (Å²) in [6.07, 6.45) is 2.37. The Balaban J connectivity index is 2.14. The molecule has 0 unspecified atom stereocenters. The van der Waals surface area contributed by atoms with Gasteiger partial charge in [0, 0.05) is 18.5 Å². The van der Waals surface area contributed by atoms with E-state index in [1.54, 1.807) is 5.38 Å². The zero-order chi connectivity index (χ0) is 11.8. The first kappa shape index (κ1) is 11.4. The molecule has 0 aliphatic carbocycles. The van der Waals surface area contributed by atoms with Crippen LogP contribution in [0.2, 0.25) is 0 Å². The summed E-state index contributed by atoms with van der Waals surface area (Å²) in [5.41, 5.74) is 0.455. The molecule has 16 heavy (non-hydrogen) atoms. The Hall–Kier alpha value is -1.10. The van der Waals surface area contributed by atoms with Crippen molar-refractivity contribution in [1.29, 1.82) is 0 Å². The molecule has 1 fully saturated rings. The first-order valence-electron chi connectivity index (χ1n) is 5.42. The molecule has 1 aromatic rings. The summed E-state index contributed by atoms with van der Waals surface area (Å²) >= 11 is 1.42. The molecule has 0 amide bonds. The minimum Gasteiger partial charge on any atom is -0.476 e. The van der Waals surface area contributed by atoms with Crippen LogP contribution in [0.5, 0.6) is 0 Å². The van der Waals surface area contributed by atoms with Crippen molar-refractivity contribution in [2.24, 2.45) is 5.41 Å². The summed E-state index contributed by atoms with van der Waals surface area (Å²) in [6.45, 7) is 6.42. The number of hydrogen-bond donors (Lipinski definition) is 1. The highest BCUT2D eigenvalue weighted by atomic mass is 32.1. The van der Waals surface area contributed by atoms with Gasteiger partial charge in [0.15, 0.2) is 10.8 Å². The van der Waals surface area contributed by atoms with Crippen LogP contribution in [-0.4, -0.2) is 29.1 Å². The van der Waals surface area contributed by atoms with E-state index in [2.05, 4.69) is 23.7 Å². The van der Waals surface area contributed by atoms with E-state index in [0.717, 1.165) is 24.6 Å². The standard InChI is InChI=1S/C11H16N2O2S/c1-11(2)4-3-5-13(7-11)10-12-8(6-16-10)9(14)15/h6H,3-5,7H2,1-2H3,(H,14,15). The number of aromatic carboxylic acids is 1. The smallest absolute Gasteiger partial charge is 0.355 e. The second-order valence-corrected chi connectivity index (χ2v) is 5.85. The van der Waals surface area contributed by atoms with Crippen molar-refractivity contribution >= 4 is 22.4 Å². The molecular weight excluding hydrogens is 224 g/mol. The third-order valence-corrected chi connectivity index (χ3v) is 3.78. The van der Waals surface area contributed by atoms with Gasteiger partial charge in [-0.3, -0.25) is 0 Å². The Bertz CT molecular complexity index is 400. The van der Waals surface area contributed by atoms with Gasteiger partial charge in [0.2, 0.25) is 0 Å². The summed E-state index contributed by atoms with van der Waals surface area (Å²) in [6, 6.07) is 0. The van der Waals surface area contributed by atoms with E-state index in [-0.39, 0.29) is 5.69 Å². The predicted molar refractivity (Wildman–Crippen MR) is 64.3 cm³/mol. The number of carboxylic acids is 1. The molecule has 2 heterocycles. The largest absolute Gasteiger partial charge is 0.476 e. The van der Waals surface area contributed by atoms with Gasteiger partial charge in [-0.2, -0.15) is 0 Å². The number of aromatic nitrogens is 1. The van der Waals surface area contributed by atoms with Gasteiger partial charge >= 0.3 is 5.97 Å². The van der Waals surface area contributed by atoms with E-state index >= 15 is 0 Å². The van der Waals surface area contributed by atoms with Crippen LogP contribution >= 0.6 is 11.3 Å². The summed E-state index contributed by atoms with van der Waals surface area (Å²) < 4.78 is 0. The fourth-order valence-electron chi connectivity index (χ4n) is 2.09. The van der Waals surface area contributed by atoms with Gasteiger partial charge in [-0.05, 0) is 18.3 Å². The summed E-state index contributed by atoms with van der Waals surface area (Å²) in [7, 11) is 0. The number of hydrogen-bond acceptors (Lipinski definition) is 4. The highest BCUT2D eigenvalue weighted by Gasteiger charge is 2.28. The second-order valence-electron chi connectivity index (χ2n) is 5.01. The number of piperidine rings is 1. The first-order valence-corrected chi connectivity index (χ1v) is 6.30. The molecule has 5 heteroatoms. The maximum atomic E-state index is 10.8. The van der Waals surface area contributed by atoms with Gasteiger partial charge in [0.1, 0.15) is 0 Å². The van der Waals surface area contributed by atoms with Gasteiger partial charge in [-0.25, -0.2) is 9.78 Å². The van der Waals surface area contributed by atoms with Crippen LogP contribution in [0.3, 0.4) is 0 Å². The lowest BCUT2D eigenvalue weighted by Crippen LogP contribution is -2.40. The van der Waals surface area contributed by atoms with E-state index in [0.29, 0.717) is 5.41 Å². The molecule has 0 atom stereocenters. The zero-order valence-corrected chi connectivity index (χ0v) is 10.4. The Morgan fingerprint density at radius 2 is 2.38 bits per heavy atom. The molecule has 1 aliphatic heterocycles. The monoisotopic (exact) mass is 240 g/mol. The van der Waals surface area contributed by atoms with E-state index in [1.807, 2.05) is 0 Å². The maximum absolute atomic E-state index is 10.8. The number of anilines is 1. The third kappa shape index (κ3) is 2.35. The minimum absolute atomic E-state index is 0.156. The lowest BCUT2D eigenvalue weighted by atomic mass is 9.84. The molecule has 0 aromatic carbocycles. The molecule has 88 valence electrons. The molecule has 4 nitrogen and oxygen atoms in total.